The molecule has 0 aliphatic rings. The molecule has 0 amide bonds. The fraction of sp³-hybridized carbons (Fsp3) is 0.417. The summed E-state index contributed by atoms with van der Waals surface area (Å²) >= 11 is 6.20. The van der Waals surface area contributed by atoms with Gasteiger partial charge in [0.05, 0.1) is 5.02 Å². The van der Waals surface area contributed by atoms with Crippen molar-refractivity contribution in [2.75, 3.05) is 0 Å². The summed E-state index contributed by atoms with van der Waals surface area (Å²) in [7, 11) is 0. The van der Waals surface area contributed by atoms with Gasteiger partial charge in [-0.3, -0.25) is 4.79 Å². The van der Waals surface area contributed by atoms with E-state index in [4.69, 9.17) is 16.3 Å². The lowest BCUT2D eigenvalue weighted by molar-refractivity contribution is -0.142. The Hall–Kier alpha value is -1.02. The highest BCUT2D eigenvalue weighted by molar-refractivity contribution is 6.32. The van der Waals surface area contributed by atoms with Gasteiger partial charge in [-0.15, -0.1) is 0 Å². The van der Waals surface area contributed by atoms with Crippen molar-refractivity contribution in [3.05, 3.63) is 34.3 Å². The molecule has 0 saturated carbocycles. The lowest BCUT2D eigenvalue weighted by Crippen LogP contribution is -2.01. The number of hydrogen-bond donors (Lipinski definition) is 0. The normalized spacial score (nSPS) is 10.5. The molecule has 1 aromatic rings. The largest absolute Gasteiger partial charge is 0.461 e. The zero-order valence-electron chi connectivity index (χ0n) is 9.21. The number of carbonyl (C=O) groups is 1. The van der Waals surface area contributed by atoms with Crippen molar-refractivity contribution in [3.63, 3.8) is 0 Å². The van der Waals surface area contributed by atoms with Crippen molar-refractivity contribution in [2.24, 2.45) is 0 Å². The average molecular weight is 227 g/mol. The molecule has 15 heavy (non-hydrogen) atoms. The van der Waals surface area contributed by atoms with Gasteiger partial charge in [-0.05, 0) is 11.5 Å². The van der Waals surface area contributed by atoms with E-state index in [-0.39, 0.29) is 12.6 Å². The SMILES string of the molecule is CC(=O)OCc1cccc(C(C)C)c1Cl. The standard InChI is InChI=1S/C12H15ClO2/c1-8(2)11-6-4-5-10(12(11)13)7-15-9(3)14/h4-6,8H,7H2,1-3H3. The maximum Gasteiger partial charge on any atom is 0.302 e. The van der Waals surface area contributed by atoms with Crippen LogP contribution in [-0.2, 0) is 16.1 Å². The maximum absolute atomic E-state index is 10.7. The molecule has 1 rings (SSSR count). The van der Waals surface area contributed by atoms with E-state index < -0.39 is 0 Å². The fourth-order valence-corrected chi connectivity index (χ4v) is 1.74. The zero-order valence-corrected chi connectivity index (χ0v) is 9.97. The summed E-state index contributed by atoms with van der Waals surface area (Å²) in [5.41, 5.74) is 1.94. The Labute approximate surface area is 95.2 Å². The van der Waals surface area contributed by atoms with Crippen molar-refractivity contribution >= 4 is 17.6 Å². The first kappa shape index (κ1) is 12.1. The first-order chi connectivity index (χ1) is 7.02. The van der Waals surface area contributed by atoms with Gasteiger partial charge in [-0.25, -0.2) is 0 Å². The zero-order chi connectivity index (χ0) is 11.4. The fourth-order valence-electron chi connectivity index (χ4n) is 1.34. The molecule has 0 heterocycles. The lowest BCUT2D eigenvalue weighted by Gasteiger charge is -2.11. The topological polar surface area (TPSA) is 26.3 Å². The number of rotatable bonds is 3. The minimum absolute atomic E-state index is 0.245. The summed E-state index contributed by atoms with van der Waals surface area (Å²) in [6.45, 7) is 5.79. The van der Waals surface area contributed by atoms with Gasteiger partial charge in [0, 0.05) is 12.5 Å². The molecule has 82 valence electrons. The van der Waals surface area contributed by atoms with Crippen LogP contribution < -0.4 is 0 Å². The monoisotopic (exact) mass is 226 g/mol. The lowest BCUT2D eigenvalue weighted by atomic mass is 10.0. The van der Waals surface area contributed by atoms with Gasteiger partial charge in [-0.1, -0.05) is 43.6 Å². The van der Waals surface area contributed by atoms with E-state index in [1.54, 1.807) is 0 Å². The summed E-state index contributed by atoms with van der Waals surface area (Å²) in [5, 5.41) is 0.703. The molecule has 0 aliphatic carbocycles. The van der Waals surface area contributed by atoms with Crippen molar-refractivity contribution in [1.82, 2.24) is 0 Å². The molecule has 1 aromatic carbocycles. The Balaban J connectivity index is 2.89. The van der Waals surface area contributed by atoms with E-state index in [0.717, 1.165) is 11.1 Å². The number of esters is 1. The highest BCUT2D eigenvalue weighted by Crippen LogP contribution is 2.27. The molecule has 0 unspecified atom stereocenters. The Morgan fingerprint density at radius 2 is 2.13 bits per heavy atom. The summed E-state index contributed by atoms with van der Waals surface area (Å²) in [6, 6.07) is 5.79. The van der Waals surface area contributed by atoms with Gasteiger partial charge < -0.3 is 4.74 Å². The van der Waals surface area contributed by atoms with Gasteiger partial charge in [-0.2, -0.15) is 0 Å². The average Bonchev–Trinajstić information content (AvgIpc) is 2.15. The van der Waals surface area contributed by atoms with E-state index in [1.807, 2.05) is 18.2 Å². The minimum atomic E-state index is -0.291. The Kier molecular flexibility index (Phi) is 4.15. The second kappa shape index (κ2) is 5.17. The van der Waals surface area contributed by atoms with Crippen LogP contribution in [0.4, 0.5) is 0 Å². The van der Waals surface area contributed by atoms with Gasteiger partial charge in [0.1, 0.15) is 6.61 Å². The highest BCUT2D eigenvalue weighted by atomic mass is 35.5. The summed E-state index contributed by atoms with van der Waals surface area (Å²) in [4.78, 5) is 10.7. The van der Waals surface area contributed by atoms with E-state index in [1.165, 1.54) is 6.92 Å². The third-order valence-electron chi connectivity index (χ3n) is 2.16. The third kappa shape index (κ3) is 3.24. The van der Waals surface area contributed by atoms with E-state index in [9.17, 15) is 4.79 Å². The molecule has 0 atom stereocenters. The molecular weight excluding hydrogens is 212 g/mol. The Morgan fingerprint density at radius 1 is 1.47 bits per heavy atom. The van der Waals surface area contributed by atoms with Crippen molar-refractivity contribution < 1.29 is 9.53 Å². The summed E-state index contributed by atoms with van der Waals surface area (Å²) in [5.74, 6) is 0.0794. The second-order valence-electron chi connectivity index (χ2n) is 3.76. The number of ether oxygens (including phenoxy) is 1. The highest BCUT2D eigenvalue weighted by Gasteiger charge is 2.09. The van der Waals surface area contributed by atoms with Crippen LogP contribution in [0.1, 0.15) is 37.8 Å². The molecule has 0 N–H and O–H groups in total. The number of carbonyl (C=O) groups excluding carboxylic acids is 1. The van der Waals surface area contributed by atoms with Crippen LogP contribution in [0.3, 0.4) is 0 Å². The number of halogens is 1. The third-order valence-corrected chi connectivity index (χ3v) is 2.62. The smallest absolute Gasteiger partial charge is 0.302 e. The molecule has 0 saturated heterocycles. The van der Waals surface area contributed by atoms with Gasteiger partial charge in [0.25, 0.3) is 0 Å². The molecule has 0 spiro atoms. The molecule has 0 aliphatic heterocycles. The molecule has 2 nitrogen and oxygen atoms in total. The Morgan fingerprint density at radius 3 is 2.67 bits per heavy atom. The van der Waals surface area contributed by atoms with Gasteiger partial charge in [0.2, 0.25) is 0 Å². The second-order valence-corrected chi connectivity index (χ2v) is 4.13. The first-order valence-corrected chi connectivity index (χ1v) is 5.30. The van der Waals surface area contributed by atoms with Crippen LogP contribution in [0.2, 0.25) is 5.02 Å². The first-order valence-electron chi connectivity index (χ1n) is 4.93. The molecular formula is C12H15ClO2. The number of hydrogen-bond acceptors (Lipinski definition) is 2. The number of benzene rings is 1. The van der Waals surface area contributed by atoms with Crippen LogP contribution in [0.5, 0.6) is 0 Å². The van der Waals surface area contributed by atoms with Crippen molar-refractivity contribution in [2.45, 2.75) is 33.3 Å². The van der Waals surface area contributed by atoms with Crippen molar-refractivity contribution in [3.8, 4) is 0 Å². The predicted octanol–water partition coefficient (Wildman–Crippen LogP) is 3.53. The van der Waals surface area contributed by atoms with Crippen LogP contribution in [0.15, 0.2) is 18.2 Å². The summed E-state index contributed by atoms with van der Waals surface area (Å²) in [6.07, 6.45) is 0. The maximum atomic E-state index is 10.7. The Bertz CT molecular complexity index is 359. The quantitative estimate of drug-likeness (QED) is 0.737. The molecule has 0 bridgehead atoms. The molecule has 0 aromatic heterocycles. The molecule has 3 heteroatoms. The predicted molar refractivity (Wildman–Crippen MR) is 61.0 cm³/mol. The van der Waals surface area contributed by atoms with Crippen molar-refractivity contribution in [1.29, 1.82) is 0 Å². The summed E-state index contributed by atoms with van der Waals surface area (Å²) < 4.78 is 4.92. The van der Waals surface area contributed by atoms with E-state index in [0.29, 0.717) is 10.9 Å². The molecule has 0 fully saturated rings. The van der Waals surface area contributed by atoms with Crippen LogP contribution in [0, 0.1) is 0 Å². The van der Waals surface area contributed by atoms with Crippen LogP contribution in [0.25, 0.3) is 0 Å². The van der Waals surface area contributed by atoms with Gasteiger partial charge >= 0.3 is 5.97 Å². The van der Waals surface area contributed by atoms with E-state index >= 15 is 0 Å². The van der Waals surface area contributed by atoms with Crippen LogP contribution >= 0.6 is 11.6 Å². The molecule has 0 radical (unpaired) electrons. The minimum Gasteiger partial charge on any atom is -0.461 e. The van der Waals surface area contributed by atoms with E-state index in [2.05, 4.69) is 13.8 Å². The van der Waals surface area contributed by atoms with Crippen LogP contribution in [-0.4, -0.2) is 5.97 Å². The van der Waals surface area contributed by atoms with Gasteiger partial charge in [0.15, 0.2) is 0 Å².